The number of unbranched alkanes of at least 4 members (excludes halogenated alkanes) is 2. The Balaban J connectivity index is 0.000000224. The Morgan fingerprint density at radius 3 is 2.32 bits per heavy atom. The average molecular weight is 292 g/mol. The molecule has 0 N–H and O–H groups in total. The van der Waals surface area contributed by atoms with Gasteiger partial charge in [0.1, 0.15) is 0 Å². The van der Waals surface area contributed by atoms with Gasteiger partial charge in [0, 0.05) is 0 Å². The molecule has 0 atom stereocenters. The number of hydrogen-bond donors (Lipinski definition) is 0. The van der Waals surface area contributed by atoms with Gasteiger partial charge in [0.25, 0.3) is 0 Å². The number of allylic oxidation sites excluding steroid dienone is 1. The lowest BCUT2D eigenvalue weighted by Crippen LogP contribution is -1.80. The minimum absolute atomic E-state index is 1.20. The summed E-state index contributed by atoms with van der Waals surface area (Å²) in [6.07, 6.45) is 10.1. The minimum Gasteiger partial charge on any atom is -0.0985 e. The lowest BCUT2D eigenvalue weighted by Gasteiger charge is -1.99. The third-order valence-electron chi connectivity index (χ3n) is 3.48. The summed E-state index contributed by atoms with van der Waals surface area (Å²) in [7, 11) is 0. The van der Waals surface area contributed by atoms with Crippen molar-refractivity contribution in [1.29, 1.82) is 0 Å². The van der Waals surface area contributed by atoms with Crippen LogP contribution in [-0.2, 0) is 0 Å². The maximum atomic E-state index is 3.72. The second kappa shape index (κ2) is 10.6. The first-order chi connectivity index (χ1) is 10.7. The Morgan fingerprint density at radius 2 is 1.73 bits per heavy atom. The fourth-order valence-electron chi connectivity index (χ4n) is 2.16. The van der Waals surface area contributed by atoms with Crippen molar-refractivity contribution in [2.45, 2.75) is 40.0 Å². The normalized spacial score (nSPS) is 10.1. The molecule has 116 valence electrons. The van der Waals surface area contributed by atoms with Crippen LogP contribution in [0.4, 0.5) is 0 Å². The van der Waals surface area contributed by atoms with Crippen LogP contribution in [0.25, 0.3) is 12.2 Å². The monoisotopic (exact) mass is 292 g/mol. The highest BCUT2D eigenvalue weighted by atomic mass is 14.0. The van der Waals surface area contributed by atoms with Crippen molar-refractivity contribution in [2.24, 2.45) is 0 Å². The van der Waals surface area contributed by atoms with Crippen LogP contribution < -0.4 is 0 Å². The molecule has 22 heavy (non-hydrogen) atoms. The molecular weight excluding hydrogens is 264 g/mol. The van der Waals surface area contributed by atoms with Crippen LogP contribution in [0.2, 0.25) is 0 Å². The maximum absolute atomic E-state index is 3.72. The van der Waals surface area contributed by atoms with E-state index < -0.39 is 0 Å². The zero-order valence-corrected chi connectivity index (χ0v) is 14.2. The molecule has 0 amide bonds. The minimum atomic E-state index is 1.20. The van der Waals surface area contributed by atoms with Gasteiger partial charge in [-0.3, -0.25) is 0 Å². The lowest BCUT2D eigenvalue weighted by atomic mass is 10.1. The molecule has 0 bridgehead atoms. The van der Waals surface area contributed by atoms with E-state index in [1.54, 1.807) is 0 Å². The molecule has 0 heteroatoms. The highest BCUT2D eigenvalue weighted by Crippen LogP contribution is 2.10. The Bertz CT molecular complexity index is 576. The first-order valence-corrected chi connectivity index (χ1v) is 8.08. The predicted octanol–water partition coefficient (Wildman–Crippen LogP) is 6.84. The largest absolute Gasteiger partial charge is 0.0985 e. The van der Waals surface area contributed by atoms with Gasteiger partial charge in [-0.2, -0.15) is 0 Å². The lowest BCUT2D eigenvalue weighted by molar-refractivity contribution is 0.816. The molecule has 0 aliphatic heterocycles. The number of rotatable bonds is 5. The molecule has 0 aliphatic rings. The van der Waals surface area contributed by atoms with Gasteiger partial charge in [0.15, 0.2) is 0 Å². The molecule has 0 heterocycles. The first kappa shape index (κ1) is 18.0. The van der Waals surface area contributed by atoms with Crippen LogP contribution >= 0.6 is 0 Å². The van der Waals surface area contributed by atoms with Gasteiger partial charge < -0.3 is 0 Å². The van der Waals surface area contributed by atoms with E-state index in [4.69, 9.17) is 0 Å². The fraction of sp³-hybridized carbons (Fsp3) is 0.273. The average Bonchev–Trinajstić information content (AvgIpc) is 2.53. The van der Waals surface area contributed by atoms with E-state index in [9.17, 15) is 0 Å². The van der Waals surface area contributed by atoms with Crippen molar-refractivity contribution in [2.75, 3.05) is 0 Å². The molecule has 2 rings (SSSR count). The Hall–Kier alpha value is -2.08. The summed E-state index contributed by atoms with van der Waals surface area (Å²) < 4.78 is 0. The van der Waals surface area contributed by atoms with Crippen molar-refractivity contribution in [3.05, 3.63) is 83.4 Å². The zero-order chi connectivity index (χ0) is 16.2. The quantitative estimate of drug-likeness (QED) is 0.529. The van der Waals surface area contributed by atoms with Crippen molar-refractivity contribution >= 4 is 12.2 Å². The second-order valence-electron chi connectivity index (χ2n) is 5.52. The summed E-state index contributed by atoms with van der Waals surface area (Å²) in [5.74, 6) is 0. The number of aryl methyl sites for hydroxylation is 2. The summed E-state index contributed by atoms with van der Waals surface area (Å²) in [6, 6.07) is 16.8. The summed E-state index contributed by atoms with van der Waals surface area (Å²) >= 11 is 0. The third-order valence-corrected chi connectivity index (χ3v) is 3.48. The van der Waals surface area contributed by atoms with E-state index in [1.807, 2.05) is 12.1 Å². The van der Waals surface area contributed by atoms with E-state index in [-0.39, 0.29) is 0 Å². The van der Waals surface area contributed by atoms with Crippen LogP contribution in [-0.4, -0.2) is 0 Å². The van der Waals surface area contributed by atoms with Gasteiger partial charge in [-0.05, 0) is 37.0 Å². The van der Waals surface area contributed by atoms with Crippen molar-refractivity contribution in [3.8, 4) is 0 Å². The van der Waals surface area contributed by atoms with E-state index >= 15 is 0 Å². The SMILES string of the molecule is C=Cc1ccc(C)cc1C.CCCCC=Cc1ccccc1. The summed E-state index contributed by atoms with van der Waals surface area (Å²) in [6.45, 7) is 10.1. The molecule has 0 nitrogen and oxygen atoms in total. The van der Waals surface area contributed by atoms with E-state index in [1.165, 1.54) is 41.5 Å². The van der Waals surface area contributed by atoms with Crippen LogP contribution in [0.1, 0.15) is 48.4 Å². The van der Waals surface area contributed by atoms with Crippen molar-refractivity contribution in [3.63, 3.8) is 0 Å². The summed E-state index contributed by atoms with van der Waals surface area (Å²) in [4.78, 5) is 0. The van der Waals surface area contributed by atoms with Crippen molar-refractivity contribution < 1.29 is 0 Å². The van der Waals surface area contributed by atoms with Gasteiger partial charge >= 0.3 is 0 Å². The van der Waals surface area contributed by atoms with Gasteiger partial charge in [0.2, 0.25) is 0 Å². The molecule has 2 aromatic rings. The molecule has 0 aromatic heterocycles. The predicted molar refractivity (Wildman–Crippen MR) is 101 cm³/mol. The Labute approximate surface area is 136 Å². The Morgan fingerprint density at radius 1 is 1.00 bits per heavy atom. The zero-order valence-electron chi connectivity index (χ0n) is 14.2. The number of hydrogen-bond acceptors (Lipinski definition) is 0. The molecule has 0 unspecified atom stereocenters. The van der Waals surface area contributed by atoms with Crippen LogP contribution in [0.15, 0.2) is 61.2 Å². The van der Waals surface area contributed by atoms with Gasteiger partial charge in [-0.1, -0.05) is 98.7 Å². The number of benzene rings is 2. The first-order valence-electron chi connectivity index (χ1n) is 8.08. The highest BCUT2D eigenvalue weighted by molar-refractivity contribution is 5.52. The molecule has 0 saturated heterocycles. The topological polar surface area (TPSA) is 0 Å². The molecule has 0 radical (unpaired) electrons. The standard InChI is InChI=1S/C12H16.C10H12/c1-2-3-4-6-9-12-10-7-5-8-11-12;1-4-10-6-5-8(2)7-9(10)3/h5-11H,2-4H2,1H3;4-7H,1H2,2-3H3. The molecule has 0 fully saturated rings. The van der Waals surface area contributed by atoms with Gasteiger partial charge in [-0.15, -0.1) is 0 Å². The van der Waals surface area contributed by atoms with Gasteiger partial charge in [-0.25, -0.2) is 0 Å². The smallest absolute Gasteiger partial charge is 0.0233 e. The van der Waals surface area contributed by atoms with Crippen LogP contribution in [0, 0.1) is 13.8 Å². The van der Waals surface area contributed by atoms with Crippen molar-refractivity contribution in [1.82, 2.24) is 0 Å². The van der Waals surface area contributed by atoms with Crippen LogP contribution in [0.3, 0.4) is 0 Å². The Kier molecular flexibility index (Phi) is 8.67. The third kappa shape index (κ3) is 7.08. The highest BCUT2D eigenvalue weighted by Gasteiger charge is 1.91. The molecule has 0 spiro atoms. The van der Waals surface area contributed by atoms with E-state index in [0.717, 1.165) is 0 Å². The maximum Gasteiger partial charge on any atom is -0.0233 e. The fourth-order valence-corrected chi connectivity index (χ4v) is 2.16. The van der Waals surface area contributed by atoms with Gasteiger partial charge in [0.05, 0.1) is 0 Å². The summed E-state index contributed by atoms with van der Waals surface area (Å²) in [5, 5.41) is 0. The molecule has 2 aromatic carbocycles. The molecule has 0 aliphatic carbocycles. The van der Waals surface area contributed by atoms with E-state index in [2.05, 4.69) is 82.0 Å². The molecule has 0 saturated carbocycles. The van der Waals surface area contributed by atoms with Crippen LogP contribution in [0.5, 0.6) is 0 Å². The second-order valence-corrected chi connectivity index (χ2v) is 5.52. The summed E-state index contributed by atoms with van der Waals surface area (Å²) in [5.41, 5.74) is 5.14. The molecular formula is C22H28. The van der Waals surface area contributed by atoms with E-state index in [0.29, 0.717) is 0 Å².